The number of aromatic carboxylic acids is 1. The molecule has 1 aromatic rings. The molecular formula is C14H19N3O4. The molecule has 2 rings (SSSR count). The zero-order valence-electron chi connectivity index (χ0n) is 11.9. The van der Waals surface area contributed by atoms with Crippen molar-refractivity contribution in [1.82, 2.24) is 9.88 Å². The molecule has 1 saturated carbocycles. The highest BCUT2D eigenvalue weighted by molar-refractivity contribution is 5.92. The number of likely N-dealkylation sites (N-methyl/N-ethyl adjacent to an activating group) is 1. The number of nitrogens with one attached hydrogen (secondary N) is 1. The molecule has 0 saturated heterocycles. The van der Waals surface area contributed by atoms with Crippen LogP contribution in [0.5, 0.6) is 0 Å². The van der Waals surface area contributed by atoms with E-state index in [1.807, 2.05) is 0 Å². The van der Waals surface area contributed by atoms with E-state index in [4.69, 9.17) is 5.11 Å². The van der Waals surface area contributed by atoms with E-state index >= 15 is 0 Å². The normalized spacial score (nSPS) is 16.5. The van der Waals surface area contributed by atoms with Gasteiger partial charge in [-0.05, 0) is 18.9 Å². The first-order valence-corrected chi connectivity index (χ1v) is 6.82. The van der Waals surface area contributed by atoms with Crippen molar-refractivity contribution in [3.63, 3.8) is 0 Å². The number of nitrogens with zero attached hydrogens (tertiary/aromatic N) is 2. The number of rotatable bonds is 4. The van der Waals surface area contributed by atoms with Crippen LogP contribution in [0.2, 0.25) is 0 Å². The molecule has 2 amide bonds. The van der Waals surface area contributed by atoms with Gasteiger partial charge in [-0.25, -0.2) is 9.59 Å². The van der Waals surface area contributed by atoms with Crippen LogP contribution in [0.4, 0.5) is 10.5 Å². The van der Waals surface area contributed by atoms with Crippen molar-refractivity contribution in [1.29, 1.82) is 0 Å². The van der Waals surface area contributed by atoms with Crippen LogP contribution in [0.3, 0.4) is 0 Å². The molecule has 114 valence electrons. The maximum absolute atomic E-state index is 12.1. The lowest BCUT2D eigenvalue weighted by Gasteiger charge is -2.28. The SMILES string of the molecule is CN(CC1(O)CCCC1)C(=O)Nc1cncc(C(=O)O)c1. The molecule has 0 radical (unpaired) electrons. The summed E-state index contributed by atoms with van der Waals surface area (Å²) in [7, 11) is 1.60. The van der Waals surface area contributed by atoms with Gasteiger partial charge in [-0.1, -0.05) is 12.8 Å². The second kappa shape index (κ2) is 6.09. The second-order valence-corrected chi connectivity index (χ2v) is 5.49. The number of carbonyl (C=O) groups is 2. The monoisotopic (exact) mass is 293 g/mol. The molecule has 0 spiro atoms. The number of anilines is 1. The first-order valence-electron chi connectivity index (χ1n) is 6.82. The fourth-order valence-corrected chi connectivity index (χ4v) is 2.55. The van der Waals surface area contributed by atoms with Crippen molar-refractivity contribution >= 4 is 17.7 Å². The fraction of sp³-hybridized carbons (Fsp3) is 0.500. The molecule has 1 heterocycles. The molecule has 7 nitrogen and oxygen atoms in total. The Balaban J connectivity index is 1.97. The Hall–Kier alpha value is -2.15. The van der Waals surface area contributed by atoms with E-state index in [1.165, 1.54) is 23.4 Å². The standard InChI is InChI=1S/C14H19N3O4/c1-17(9-14(21)4-2-3-5-14)13(20)16-11-6-10(12(18)19)7-15-8-11/h6-8,21H,2-5,9H2,1H3,(H,16,20)(H,18,19). The van der Waals surface area contributed by atoms with Gasteiger partial charge in [0, 0.05) is 13.2 Å². The smallest absolute Gasteiger partial charge is 0.337 e. The van der Waals surface area contributed by atoms with Gasteiger partial charge in [0.1, 0.15) is 0 Å². The summed E-state index contributed by atoms with van der Waals surface area (Å²) in [5.74, 6) is -1.10. The van der Waals surface area contributed by atoms with E-state index in [2.05, 4.69) is 10.3 Å². The summed E-state index contributed by atoms with van der Waals surface area (Å²) in [4.78, 5) is 28.1. The number of amides is 2. The first-order chi connectivity index (χ1) is 9.89. The molecule has 1 aliphatic carbocycles. The lowest BCUT2D eigenvalue weighted by Crippen LogP contribution is -2.43. The van der Waals surface area contributed by atoms with Crippen molar-refractivity contribution in [2.45, 2.75) is 31.3 Å². The number of hydrogen-bond acceptors (Lipinski definition) is 4. The van der Waals surface area contributed by atoms with Crippen LogP contribution >= 0.6 is 0 Å². The van der Waals surface area contributed by atoms with Crippen molar-refractivity contribution in [3.05, 3.63) is 24.0 Å². The average molecular weight is 293 g/mol. The van der Waals surface area contributed by atoms with E-state index in [0.29, 0.717) is 18.5 Å². The van der Waals surface area contributed by atoms with Gasteiger partial charge < -0.3 is 20.4 Å². The van der Waals surface area contributed by atoms with Crippen molar-refractivity contribution in [2.24, 2.45) is 0 Å². The van der Waals surface area contributed by atoms with E-state index in [-0.39, 0.29) is 12.1 Å². The van der Waals surface area contributed by atoms with Gasteiger partial charge in [0.05, 0.1) is 29.6 Å². The van der Waals surface area contributed by atoms with Gasteiger partial charge in [-0.15, -0.1) is 0 Å². The first kappa shape index (κ1) is 15.2. The molecule has 1 aliphatic rings. The summed E-state index contributed by atoms with van der Waals surface area (Å²) < 4.78 is 0. The zero-order valence-corrected chi connectivity index (χ0v) is 11.9. The van der Waals surface area contributed by atoms with E-state index in [9.17, 15) is 14.7 Å². The second-order valence-electron chi connectivity index (χ2n) is 5.49. The van der Waals surface area contributed by atoms with Gasteiger partial charge in [-0.2, -0.15) is 0 Å². The third-order valence-electron chi connectivity index (χ3n) is 3.65. The Labute approximate surface area is 122 Å². The lowest BCUT2D eigenvalue weighted by atomic mass is 10.0. The topological polar surface area (TPSA) is 103 Å². The minimum atomic E-state index is -1.10. The lowest BCUT2D eigenvalue weighted by molar-refractivity contribution is 0.0261. The van der Waals surface area contributed by atoms with Crippen LogP contribution in [0, 0.1) is 0 Å². The van der Waals surface area contributed by atoms with Crippen molar-refractivity contribution in [3.8, 4) is 0 Å². The van der Waals surface area contributed by atoms with E-state index in [0.717, 1.165) is 12.8 Å². The summed E-state index contributed by atoms with van der Waals surface area (Å²) in [5, 5.41) is 21.7. The summed E-state index contributed by atoms with van der Waals surface area (Å²) in [5.41, 5.74) is -0.497. The minimum absolute atomic E-state index is 0.00451. The number of carboxylic acid groups (broad SMARTS) is 1. The molecular weight excluding hydrogens is 274 g/mol. The predicted octanol–water partition coefficient (Wildman–Crippen LogP) is 1.55. The molecule has 7 heteroatoms. The third-order valence-corrected chi connectivity index (χ3v) is 3.65. The molecule has 0 atom stereocenters. The molecule has 0 aliphatic heterocycles. The van der Waals surface area contributed by atoms with Gasteiger partial charge in [0.2, 0.25) is 0 Å². The molecule has 1 aromatic heterocycles. The summed E-state index contributed by atoms with van der Waals surface area (Å²) in [6.07, 6.45) is 5.92. The Bertz CT molecular complexity index is 541. The van der Waals surface area contributed by atoms with Gasteiger partial charge in [0.25, 0.3) is 0 Å². The quantitative estimate of drug-likeness (QED) is 0.781. The maximum Gasteiger partial charge on any atom is 0.337 e. The number of hydrogen-bond donors (Lipinski definition) is 3. The number of aromatic nitrogens is 1. The molecule has 0 bridgehead atoms. The molecule has 21 heavy (non-hydrogen) atoms. The van der Waals surface area contributed by atoms with Crippen LogP contribution in [-0.4, -0.2) is 51.3 Å². The van der Waals surface area contributed by atoms with Gasteiger partial charge in [0.15, 0.2) is 0 Å². The minimum Gasteiger partial charge on any atom is -0.478 e. The molecule has 0 unspecified atom stereocenters. The van der Waals surface area contributed by atoms with Crippen LogP contribution in [-0.2, 0) is 0 Å². The van der Waals surface area contributed by atoms with Crippen molar-refractivity contribution < 1.29 is 19.8 Å². The number of pyridine rings is 1. The van der Waals surface area contributed by atoms with Crippen LogP contribution in [0.1, 0.15) is 36.0 Å². The highest BCUT2D eigenvalue weighted by Crippen LogP contribution is 2.30. The van der Waals surface area contributed by atoms with Gasteiger partial charge >= 0.3 is 12.0 Å². The van der Waals surface area contributed by atoms with Crippen molar-refractivity contribution in [2.75, 3.05) is 18.9 Å². The molecule has 3 N–H and O–H groups in total. The van der Waals surface area contributed by atoms with E-state index in [1.54, 1.807) is 7.05 Å². The zero-order chi connectivity index (χ0) is 15.5. The summed E-state index contributed by atoms with van der Waals surface area (Å²) in [6.45, 7) is 0.255. The highest BCUT2D eigenvalue weighted by Gasteiger charge is 2.33. The summed E-state index contributed by atoms with van der Waals surface area (Å²) >= 11 is 0. The third kappa shape index (κ3) is 3.91. The molecule has 0 aromatic carbocycles. The number of urea groups is 1. The number of aliphatic hydroxyl groups is 1. The van der Waals surface area contributed by atoms with E-state index < -0.39 is 17.6 Å². The Morgan fingerprint density at radius 2 is 2.05 bits per heavy atom. The predicted molar refractivity (Wildman–Crippen MR) is 76.3 cm³/mol. The highest BCUT2D eigenvalue weighted by atomic mass is 16.4. The average Bonchev–Trinajstić information content (AvgIpc) is 2.85. The Morgan fingerprint density at radius 1 is 1.38 bits per heavy atom. The van der Waals surface area contributed by atoms with Crippen LogP contribution < -0.4 is 5.32 Å². The Kier molecular flexibility index (Phi) is 4.42. The Morgan fingerprint density at radius 3 is 2.67 bits per heavy atom. The molecule has 1 fully saturated rings. The fourth-order valence-electron chi connectivity index (χ4n) is 2.55. The largest absolute Gasteiger partial charge is 0.478 e. The van der Waals surface area contributed by atoms with Gasteiger partial charge in [-0.3, -0.25) is 4.98 Å². The summed E-state index contributed by atoms with van der Waals surface area (Å²) in [6, 6.07) is 0.936. The number of carboxylic acids is 1. The maximum atomic E-state index is 12.1. The van der Waals surface area contributed by atoms with Crippen LogP contribution in [0.15, 0.2) is 18.5 Å². The van der Waals surface area contributed by atoms with Crippen LogP contribution in [0.25, 0.3) is 0 Å². The number of carbonyl (C=O) groups excluding carboxylic acids is 1.